The average molecular weight is 437 g/mol. The monoisotopic (exact) mass is 436 g/mol. The van der Waals surface area contributed by atoms with Crippen LogP contribution < -0.4 is 10.2 Å². The quantitative estimate of drug-likeness (QED) is 0.500. The first kappa shape index (κ1) is 22.0. The molecule has 3 heterocycles. The Balaban J connectivity index is 1.59. The summed E-state index contributed by atoms with van der Waals surface area (Å²) in [4.78, 5) is 27.1. The predicted molar refractivity (Wildman–Crippen MR) is 122 cm³/mol. The number of piperazine rings is 1. The van der Waals surface area contributed by atoms with Crippen LogP contribution in [0, 0.1) is 0 Å². The highest BCUT2D eigenvalue weighted by Gasteiger charge is 2.18. The van der Waals surface area contributed by atoms with E-state index in [2.05, 4.69) is 47.1 Å². The predicted octanol–water partition coefficient (Wildman–Crippen LogP) is 1.37. The molecule has 168 valence electrons. The molecule has 10 heteroatoms. The smallest absolute Gasteiger partial charge is 0.234 e. The molecule has 0 amide bonds. The van der Waals surface area contributed by atoms with Crippen LogP contribution in [-0.2, 0) is 19.6 Å². The van der Waals surface area contributed by atoms with E-state index in [0.29, 0.717) is 46.9 Å². The highest BCUT2D eigenvalue weighted by molar-refractivity contribution is 5.62. The molecule has 1 aromatic carbocycles. The van der Waals surface area contributed by atoms with Crippen molar-refractivity contribution in [3.63, 3.8) is 0 Å². The van der Waals surface area contributed by atoms with Crippen molar-refractivity contribution in [2.45, 2.75) is 26.6 Å². The van der Waals surface area contributed by atoms with Gasteiger partial charge in [0.05, 0.1) is 18.9 Å². The van der Waals surface area contributed by atoms with E-state index in [0.717, 1.165) is 31.7 Å². The molecule has 0 spiro atoms. The summed E-state index contributed by atoms with van der Waals surface area (Å²) in [5, 5.41) is 22.1. The lowest BCUT2D eigenvalue weighted by Gasteiger charge is -2.32. The third kappa shape index (κ3) is 4.98. The minimum Gasteiger partial charge on any atom is -0.392 e. The number of likely N-dealkylation sites (N-methyl/N-ethyl adjacent to an activating group) is 1. The van der Waals surface area contributed by atoms with Crippen molar-refractivity contribution in [2.24, 2.45) is 0 Å². The number of aliphatic hydroxyl groups is 2. The van der Waals surface area contributed by atoms with Crippen LogP contribution in [0.5, 0.6) is 0 Å². The molecule has 0 bridgehead atoms. The van der Waals surface area contributed by atoms with E-state index in [1.165, 1.54) is 0 Å². The molecule has 3 aromatic rings. The van der Waals surface area contributed by atoms with Gasteiger partial charge in [-0.3, -0.25) is 5.32 Å². The Morgan fingerprint density at radius 1 is 0.906 bits per heavy atom. The lowest BCUT2D eigenvalue weighted by molar-refractivity contribution is 0.260. The zero-order valence-electron chi connectivity index (χ0n) is 18.4. The second kappa shape index (κ2) is 9.94. The lowest BCUT2D eigenvalue weighted by atomic mass is 10.0. The van der Waals surface area contributed by atoms with E-state index in [1.807, 2.05) is 19.1 Å². The normalized spacial score (nSPS) is 14.6. The number of hydrogen-bond acceptors (Lipinski definition) is 10. The van der Waals surface area contributed by atoms with Gasteiger partial charge >= 0.3 is 0 Å². The highest BCUT2D eigenvalue weighted by Crippen LogP contribution is 2.23. The molecule has 32 heavy (non-hydrogen) atoms. The van der Waals surface area contributed by atoms with E-state index in [1.54, 1.807) is 18.3 Å². The van der Waals surface area contributed by atoms with Crippen LogP contribution in [-0.4, -0.2) is 73.3 Å². The molecule has 0 atom stereocenters. The van der Waals surface area contributed by atoms with Gasteiger partial charge in [-0.25, -0.2) is 9.97 Å². The summed E-state index contributed by atoms with van der Waals surface area (Å²) < 4.78 is 0. The van der Waals surface area contributed by atoms with E-state index in [9.17, 15) is 10.2 Å². The summed E-state index contributed by atoms with van der Waals surface area (Å²) in [5.41, 5.74) is 2.86. The maximum Gasteiger partial charge on any atom is 0.234 e. The molecule has 3 N–H and O–H groups in total. The maximum absolute atomic E-state index is 9.58. The number of aromatic nitrogens is 5. The topological polar surface area (TPSA) is 123 Å². The average Bonchev–Trinajstić information content (AvgIpc) is 2.84. The Labute approximate surface area is 187 Å². The molecule has 4 rings (SSSR count). The third-order valence-electron chi connectivity index (χ3n) is 5.49. The van der Waals surface area contributed by atoms with Crippen LogP contribution in [0.1, 0.15) is 23.9 Å². The fourth-order valence-corrected chi connectivity index (χ4v) is 3.54. The number of anilines is 3. The van der Waals surface area contributed by atoms with Gasteiger partial charge in [0, 0.05) is 44.4 Å². The molecule has 1 aliphatic rings. The summed E-state index contributed by atoms with van der Waals surface area (Å²) >= 11 is 0. The van der Waals surface area contributed by atoms with Crippen LogP contribution in [0.4, 0.5) is 17.8 Å². The van der Waals surface area contributed by atoms with Crippen molar-refractivity contribution in [1.29, 1.82) is 0 Å². The van der Waals surface area contributed by atoms with E-state index < -0.39 is 0 Å². The molecule has 1 aliphatic heterocycles. The van der Waals surface area contributed by atoms with Crippen LogP contribution in [0.3, 0.4) is 0 Å². The van der Waals surface area contributed by atoms with E-state index >= 15 is 0 Å². The van der Waals surface area contributed by atoms with E-state index in [4.69, 9.17) is 0 Å². The fourth-order valence-electron chi connectivity index (χ4n) is 3.54. The Kier molecular flexibility index (Phi) is 6.84. The number of benzene rings is 1. The molecule has 0 radical (unpaired) electrons. The summed E-state index contributed by atoms with van der Waals surface area (Å²) in [7, 11) is 2.11. The summed E-state index contributed by atoms with van der Waals surface area (Å²) in [6.45, 7) is 5.40. The molecule has 2 aromatic heterocycles. The molecule has 0 aliphatic carbocycles. The molecule has 1 saturated heterocycles. The zero-order valence-corrected chi connectivity index (χ0v) is 18.4. The molecule has 0 unspecified atom stereocenters. The van der Waals surface area contributed by atoms with E-state index in [-0.39, 0.29) is 13.2 Å². The third-order valence-corrected chi connectivity index (χ3v) is 5.49. The number of hydrogen-bond donors (Lipinski definition) is 3. The Morgan fingerprint density at radius 2 is 1.69 bits per heavy atom. The first-order chi connectivity index (χ1) is 15.6. The van der Waals surface area contributed by atoms with Crippen LogP contribution >= 0.6 is 0 Å². The van der Waals surface area contributed by atoms with Gasteiger partial charge in [-0.1, -0.05) is 19.1 Å². The van der Waals surface area contributed by atoms with Gasteiger partial charge in [-0.05, 0) is 30.3 Å². The van der Waals surface area contributed by atoms with Gasteiger partial charge < -0.3 is 20.0 Å². The Bertz CT molecular complexity index is 1070. The minimum atomic E-state index is -0.153. The largest absolute Gasteiger partial charge is 0.392 e. The van der Waals surface area contributed by atoms with Crippen LogP contribution in [0.2, 0.25) is 0 Å². The molecular weight excluding hydrogens is 408 g/mol. The Hall–Kier alpha value is -3.21. The van der Waals surface area contributed by atoms with Gasteiger partial charge in [-0.2, -0.15) is 15.0 Å². The number of nitrogens with one attached hydrogen (secondary N) is 1. The van der Waals surface area contributed by atoms with Crippen molar-refractivity contribution in [3.8, 4) is 11.3 Å². The fraction of sp³-hybridized carbons (Fsp3) is 0.409. The van der Waals surface area contributed by atoms with Crippen molar-refractivity contribution >= 4 is 17.8 Å². The number of nitrogens with zero attached hydrogens (tertiary/aromatic N) is 7. The Morgan fingerprint density at radius 3 is 2.41 bits per heavy atom. The summed E-state index contributed by atoms with van der Waals surface area (Å²) in [6, 6.07) is 7.26. The maximum atomic E-state index is 9.58. The first-order valence-corrected chi connectivity index (χ1v) is 10.7. The zero-order chi connectivity index (χ0) is 22.5. The summed E-state index contributed by atoms with van der Waals surface area (Å²) in [5.74, 6) is 2.15. The second-order valence-corrected chi connectivity index (χ2v) is 7.71. The first-order valence-electron chi connectivity index (χ1n) is 10.7. The standard InChI is InChI=1S/C22H28N8O2/c1-3-19-25-21(28-22(26-19)30-10-8-29(2)9-11-30)27-20-23-7-6-18(24-20)15-4-5-16(13-31)17(12-15)14-32/h4-7,12,31-32H,3,8-11,13-14H2,1-2H3,(H,23,24,25,26,27,28). The van der Waals surface area contributed by atoms with Crippen molar-refractivity contribution in [3.05, 3.63) is 47.4 Å². The molecule has 1 fully saturated rings. The lowest BCUT2D eigenvalue weighted by Crippen LogP contribution is -2.45. The van der Waals surface area contributed by atoms with Crippen LogP contribution in [0.15, 0.2) is 30.5 Å². The SMILES string of the molecule is CCc1nc(Nc2nccc(-c3ccc(CO)c(CO)c3)n2)nc(N2CCN(C)CC2)n1. The van der Waals surface area contributed by atoms with Gasteiger partial charge in [0.2, 0.25) is 17.8 Å². The number of rotatable bonds is 7. The minimum absolute atomic E-state index is 0.123. The van der Waals surface area contributed by atoms with Gasteiger partial charge in [0.25, 0.3) is 0 Å². The number of aryl methyl sites for hydroxylation is 1. The second-order valence-electron chi connectivity index (χ2n) is 7.71. The van der Waals surface area contributed by atoms with Crippen LogP contribution in [0.25, 0.3) is 11.3 Å². The van der Waals surface area contributed by atoms with Gasteiger partial charge in [-0.15, -0.1) is 0 Å². The molecule has 0 saturated carbocycles. The van der Waals surface area contributed by atoms with Crippen molar-refractivity contribution in [2.75, 3.05) is 43.4 Å². The van der Waals surface area contributed by atoms with Gasteiger partial charge in [0.15, 0.2) is 0 Å². The van der Waals surface area contributed by atoms with Crippen molar-refractivity contribution in [1.82, 2.24) is 29.8 Å². The number of aliphatic hydroxyl groups excluding tert-OH is 2. The van der Waals surface area contributed by atoms with Gasteiger partial charge in [0.1, 0.15) is 5.82 Å². The molecular formula is C22H28N8O2. The molecule has 10 nitrogen and oxygen atoms in total. The van der Waals surface area contributed by atoms with Crippen molar-refractivity contribution < 1.29 is 10.2 Å². The summed E-state index contributed by atoms with van der Waals surface area (Å²) in [6.07, 6.45) is 2.35. The highest BCUT2D eigenvalue weighted by atomic mass is 16.3.